The van der Waals surface area contributed by atoms with Crippen LogP contribution in [0.4, 0.5) is 0 Å². The monoisotopic (exact) mass is 296 g/mol. The highest BCUT2D eigenvalue weighted by atomic mass is 32.2. The molecule has 0 saturated carbocycles. The Bertz CT molecular complexity index is 482. The molecule has 1 aliphatic rings. The molecule has 1 N–H and O–H groups in total. The van der Waals surface area contributed by atoms with E-state index >= 15 is 0 Å². The topological polar surface area (TPSA) is 49.4 Å². The first-order valence-electron chi connectivity index (χ1n) is 7.45. The molecule has 112 valence electrons. The van der Waals surface area contributed by atoms with Gasteiger partial charge in [-0.05, 0) is 57.5 Å². The Balaban J connectivity index is 1.60. The van der Waals surface area contributed by atoms with Crippen molar-refractivity contribution < 1.29 is 8.42 Å². The number of hydrogen-bond acceptors (Lipinski definition) is 3. The number of unbranched alkanes of at least 4 members (excludes halogenated alkanes) is 2. The van der Waals surface area contributed by atoms with Gasteiger partial charge < -0.3 is 4.90 Å². The van der Waals surface area contributed by atoms with Crippen LogP contribution in [0.5, 0.6) is 0 Å². The second kappa shape index (κ2) is 7.76. The third-order valence-corrected chi connectivity index (χ3v) is 5.17. The summed E-state index contributed by atoms with van der Waals surface area (Å²) in [7, 11) is -3.32. The van der Waals surface area contributed by atoms with Gasteiger partial charge in [0, 0.05) is 6.54 Å². The number of likely N-dealkylation sites (tertiary alicyclic amines) is 1. The minimum Gasteiger partial charge on any atom is -0.303 e. The van der Waals surface area contributed by atoms with Gasteiger partial charge in [0.15, 0.2) is 0 Å². The van der Waals surface area contributed by atoms with Crippen LogP contribution in [0.15, 0.2) is 35.2 Å². The lowest BCUT2D eigenvalue weighted by molar-refractivity contribution is 0.328. The molecule has 1 aromatic rings. The quantitative estimate of drug-likeness (QED) is 0.748. The van der Waals surface area contributed by atoms with Crippen molar-refractivity contribution in [1.82, 2.24) is 9.62 Å². The van der Waals surface area contributed by atoms with Crippen LogP contribution in [0.25, 0.3) is 0 Å². The van der Waals surface area contributed by atoms with E-state index in [0.717, 1.165) is 25.8 Å². The van der Waals surface area contributed by atoms with Crippen molar-refractivity contribution in [3.8, 4) is 0 Å². The van der Waals surface area contributed by atoms with E-state index in [2.05, 4.69) is 9.62 Å². The fraction of sp³-hybridized carbons (Fsp3) is 0.600. The molecular formula is C15H24N2O2S. The summed E-state index contributed by atoms with van der Waals surface area (Å²) < 4.78 is 26.6. The number of hydrogen-bond donors (Lipinski definition) is 1. The summed E-state index contributed by atoms with van der Waals surface area (Å²) in [5.74, 6) is 0. The Morgan fingerprint density at radius 3 is 2.40 bits per heavy atom. The van der Waals surface area contributed by atoms with Crippen molar-refractivity contribution in [2.45, 2.75) is 37.0 Å². The van der Waals surface area contributed by atoms with Crippen LogP contribution in [0.2, 0.25) is 0 Å². The molecule has 0 spiro atoms. The summed E-state index contributed by atoms with van der Waals surface area (Å²) in [6.45, 7) is 4.16. The van der Waals surface area contributed by atoms with E-state index in [-0.39, 0.29) is 0 Å². The van der Waals surface area contributed by atoms with E-state index in [1.54, 1.807) is 24.3 Å². The first kappa shape index (κ1) is 15.5. The molecule has 20 heavy (non-hydrogen) atoms. The van der Waals surface area contributed by atoms with Crippen molar-refractivity contribution in [3.05, 3.63) is 30.3 Å². The summed E-state index contributed by atoms with van der Waals surface area (Å²) in [5.41, 5.74) is 0. The minimum atomic E-state index is -3.32. The largest absolute Gasteiger partial charge is 0.303 e. The van der Waals surface area contributed by atoms with Crippen LogP contribution in [0.1, 0.15) is 32.1 Å². The molecule has 0 atom stereocenters. The summed E-state index contributed by atoms with van der Waals surface area (Å²) in [5, 5.41) is 0. The highest BCUT2D eigenvalue weighted by Crippen LogP contribution is 2.10. The Morgan fingerprint density at radius 2 is 1.70 bits per heavy atom. The highest BCUT2D eigenvalue weighted by Gasteiger charge is 2.12. The summed E-state index contributed by atoms with van der Waals surface area (Å²) in [6, 6.07) is 8.54. The molecule has 1 heterocycles. The van der Waals surface area contributed by atoms with Gasteiger partial charge in [0.25, 0.3) is 0 Å². The molecule has 1 saturated heterocycles. The third kappa shape index (κ3) is 4.89. The van der Waals surface area contributed by atoms with Gasteiger partial charge in [-0.2, -0.15) is 0 Å². The fourth-order valence-electron chi connectivity index (χ4n) is 2.53. The van der Waals surface area contributed by atoms with Crippen LogP contribution < -0.4 is 4.72 Å². The predicted octanol–water partition coefficient (Wildman–Crippen LogP) is 2.23. The summed E-state index contributed by atoms with van der Waals surface area (Å²) >= 11 is 0. The molecular weight excluding hydrogens is 272 g/mol. The average molecular weight is 296 g/mol. The van der Waals surface area contributed by atoms with Gasteiger partial charge in [-0.3, -0.25) is 0 Å². The lowest BCUT2D eigenvalue weighted by Crippen LogP contribution is -2.25. The molecule has 0 amide bonds. The maximum Gasteiger partial charge on any atom is 0.240 e. The molecule has 0 aromatic heterocycles. The van der Waals surface area contributed by atoms with Gasteiger partial charge in [0.2, 0.25) is 10.0 Å². The van der Waals surface area contributed by atoms with E-state index in [9.17, 15) is 8.42 Å². The second-order valence-electron chi connectivity index (χ2n) is 5.32. The van der Waals surface area contributed by atoms with Crippen LogP contribution in [-0.4, -0.2) is 39.5 Å². The first-order valence-corrected chi connectivity index (χ1v) is 8.94. The molecule has 1 aromatic carbocycles. The maximum atomic E-state index is 12.0. The van der Waals surface area contributed by atoms with Gasteiger partial charge >= 0.3 is 0 Å². The maximum absolute atomic E-state index is 12.0. The number of nitrogens with one attached hydrogen (secondary N) is 1. The van der Waals surface area contributed by atoms with Gasteiger partial charge in [0.1, 0.15) is 0 Å². The Labute approximate surface area is 122 Å². The predicted molar refractivity (Wildman–Crippen MR) is 81.2 cm³/mol. The normalized spacial score (nSPS) is 16.6. The Morgan fingerprint density at radius 1 is 1.00 bits per heavy atom. The molecule has 4 nitrogen and oxygen atoms in total. The standard InChI is InChI=1S/C15H24N2O2S/c18-20(19,15-9-3-1-4-10-15)16-11-5-2-6-12-17-13-7-8-14-17/h1,3-4,9-10,16H,2,5-8,11-14H2. The number of sulfonamides is 1. The Hall–Kier alpha value is -0.910. The molecule has 0 unspecified atom stereocenters. The van der Waals surface area contributed by atoms with Crippen molar-refractivity contribution in [2.24, 2.45) is 0 Å². The van der Waals surface area contributed by atoms with Gasteiger partial charge in [0.05, 0.1) is 4.90 Å². The van der Waals surface area contributed by atoms with E-state index in [1.807, 2.05) is 6.07 Å². The summed E-state index contributed by atoms with van der Waals surface area (Å²) in [4.78, 5) is 2.84. The minimum absolute atomic E-state index is 0.345. The average Bonchev–Trinajstić information content (AvgIpc) is 2.97. The second-order valence-corrected chi connectivity index (χ2v) is 7.09. The summed E-state index contributed by atoms with van der Waals surface area (Å²) in [6.07, 6.45) is 5.80. The van der Waals surface area contributed by atoms with E-state index in [1.165, 1.54) is 25.9 Å². The lowest BCUT2D eigenvalue weighted by Gasteiger charge is -2.13. The molecule has 1 aliphatic heterocycles. The molecule has 0 bridgehead atoms. The van der Waals surface area contributed by atoms with E-state index < -0.39 is 10.0 Å². The number of benzene rings is 1. The molecule has 2 rings (SSSR count). The van der Waals surface area contributed by atoms with Gasteiger partial charge in [-0.1, -0.05) is 24.6 Å². The molecule has 1 fully saturated rings. The zero-order valence-corrected chi connectivity index (χ0v) is 12.7. The number of rotatable bonds is 8. The van der Waals surface area contributed by atoms with Crippen LogP contribution in [0, 0.1) is 0 Å². The van der Waals surface area contributed by atoms with Crippen molar-refractivity contribution in [3.63, 3.8) is 0 Å². The van der Waals surface area contributed by atoms with Crippen LogP contribution in [0.3, 0.4) is 0 Å². The van der Waals surface area contributed by atoms with Crippen LogP contribution in [-0.2, 0) is 10.0 Å². The van der Waals surface area contributed by atoms with Crippen LogP contribution >= 0.6 is 0 Å². The van der Waals surface area contributed by atoms with Gasteiger partial charge in [-0.15, -0.1) is 0 Å². The van der Waals surface area contributed by atoms with E-state index in [0.29, 0.717) is 11.4 Å². The highest BCUT2D eigenvalue weighted by molar-refractivity contribution is 7.89. The number of nitrogens with zero attached hydrogens (tertiary/aromatic N) is 1. The van der Waals surface area contributed by atoms with Crippen molar-refractivity contribution >= 4 is 10.0 Å². The smallest absolute Gasteiger partial charge is 0.240 e. The SMILES string of the molecule is O=S(=O)(NCCCCCN1CCCC1)c1ccccc1. The molecule has 0 radical (unpaired) electrons. The molecule has 0 aliphatic carbocycles. The third-order valence-electron chi connectivity index (χ3n) is 3.70. The van der Waals surface area contributed by atoms with Gasteiger partial charge in [-0.25, -0.2) is 13.1 Å². The van der Waals surface area contributed by atoms with E-state index in [4.69, 9.17) is 0 Å². The zero-order valence-electron chi connectivity index (χ0n) is 11.9. The Kier molecular flexibility index (Phi) is 6.01. The lowest BCUT2D eigenvalue weighted by atomic mass is 10.2. The molecule has 5 heteroatoms. The zero-order chi connectivity index (χ0) is 14.3. The first-order chi connectivity index (χ1) is 9.68. The van der Waals surface area contributed by atoms with Crippen molar-refractivity contribution in [1.29, 1.82) is 0 Å². The fourth-order valence-corrected chi connectivity index (χ4v) is 3.63. The van der Waals surface area contributed by atoms with Crippen molar-refractivity contribution in [2.75, 3.05) is 26.2 Å².